The first kappa shape index (κ1) is 16.5. The molecule has 1 aromatic heterocycles. The molecular weight excluding hydrogens is 382 g/mol. The Morgan fingerprint density at radius 3 is 2.62 bits per heavy atom. The first-order chi connectivity index (χ1) is 11.5. The number of nitro groups is 1. The molecule has 0 unspecified atom stereocenters. The van der Waals surface area contributed by atoms with Crippen LogP contribution in [0.4, 0.5) is 17.1 Å². The highest BCUT2D eigenvalue weighted by molar-refractivity contribution is 9.10. The van der Waals surface area contributed by atoms with Gasteiger partial charge in [-0.15, -0.1) is 0 Å². The average Bonchev–Trinajstić information content (AvgIpc) is 3.02. The predicted octanol–water partition coefficient (Wildman–Crippen LogP) is 3.04. The number of nitrogens with one attached hydrogen (secondary N) is 1. The second-order valence-electron chi connectivity index (χ2n) is 5.12. The van der Waals surface area contributed by atoms with Crippen molar-refractivity contribution in [3.63, 3.8) is 0 Å². The number of amides is 1. The summed E-state index contributed by atoms with van der Waals surface area (Å²) in [4.78, 5) is 24.8. The number of benzene rings is 1. The molecule has 1 amide bonds. The standard InChI is InChI=1S/C15H14BrN3O5/c16-14-4-3-13(24-14)15(20)17-11-2-1-10(19(21)22)9-12(11)18-5-7-23-8-6-18/h1-4,9H,5-8H2,(H,17,20). The summed E-state index contributed by atoms with van der Waals surface area (Å²) in [5.41, 5.74) is 1.04. The summed E-state index contributed by atoms with van der Waals surface area (Å²) in [5, 5.41) is 13.8. The maximum Gasteiger partial charge on any atom is 0.291 e. The molecule has 1 aliphatic rings. The van der Waals surface area contributed by atoms with E-state index in [2.05, 4.69) is 21.2 Å². The number of hydrogen-bond acceptors (Lipinski definition) is 6. The molecule has 1 N–H and O–H groups in total. The van der Waals surface area contributed by atoms with Crippen molar-refractivity contribution in [1.82, 2.24) is 0 Å². The largest absolute Gasteiger partial charge is 0.444 e. The maximum atomic E-state index is 12.3. The summed E-state index contributed by atoms with van der Waals surface area (Å²) in [5.74, 6) is -0.280. The van der Waals surface area contributed by atoms with Crippen molar-refractivity contribution in [3.05, 3.63) is 50.9 Å². The van der Waals surface area contributed by atoms with Gasteiger partial charge in [-0.3, -0.25) is 14.9 Å². The highest BCUT2D eigenvalue weighted by Gasteiger charge is 2.21. The lowest BCUT2D eigenvalue weighted by Gasteiger charge is -2.30. The lowest BCUT2D eigenvalue weighted by atomic mass is 10.2. The number of halogens is 1. The Bertz CT molecular complexity index is 770. The number of furan rings is 1. The van der Waals surface area contributed by atoms with Crippen molar-refractivity contribution < 1.29 is 18.9 Å². The van der Waals surface area contributed by atoms with Crippen molar-refractivity contribution in [2.24, 2.45) is 0 Å². The van der Waals surface area contributed by atoms with Crippen LogP contribution >= 0.6 is 15.9 Å². The van der Waals surface area contributed by atoms with Crippen LogP contribution in [0.15, 0.2) is 39.4 Å². The fourth-order valence-corrected chi connectivity index (χ4v) is 2.73. The van der Waals surface area contributed by atoms with Crippen LogP contribution in [-0.4, -0.2) is 37.1 Å². The Kier molecular flexibility index (Phi) is 4.81. The van der Waals surface area contributed by atoms with Crippen molar-refractivity contribution in [2.45, 2.75) is 0 Å². The fraction of sp³-hybridized carbons (Fsp3) is 0.267. The Morgan fingerprint density at radius 1 is 1.25 bits per heavy atom. The van der Waals surface area contributed by atoms with Gasteiger partial charge in [-0.1, -0.05) is 0 Å². The lowest BCUT2D eigenvalue weighted by Crippen LogP contribution is -2.36. The van der Waals surface area contributed by atoms with Gasteiger partial charge in [0.05, 0.1) is 29.5 Å². The van der Waals surface area contributed by atoms with Crippen LogP contribution in [0.1, 0.15) is 10.6 Å². The quantitative estimate of drug-likeness (QED) is 0.630. The van der Waals surface area contributed by atoms with E-state index < -0.39 is 10.8 Å². The first-order valence-corrected chi connectivity index (χ1v) is 8.02. The number of carbonyl (C=O) groups excluding carboxylic acids is 1. The van der Waals surface area contributed by atoms with Crippen LogP contribution in [0.3, 0.4) is 0 Å². The smallest absolute Gasteiger partial charge is 0.291 e. The number of rotatable bonds is 4. The van der Waals surface area contributed by atoms with E-state index in [1.807, 2.05) is 4.90 Å². The minimum Gasteiger partial charge on any atom is -0.444 e. The molecule has 0 atom stereocenters. The number of ether oxygens (including phenoxy) is 1. The maximum absolute atomic E-state index is 12.3. The van der Waals surface area contributed by atoms with Crippen LogP contribution in [0.2, 0.25) is 0 Å². The fourth-order valence-electron chi connectivity index (χ4n) is 2.43. The molecule has 9 heteroatoms. The van der Waals surface area contributed by atoms with E-state index in [-0.39, 0.29) is 11.4 Å². The number of nitro benzene ring substituents is 1. The Balaban J connectivity index is 1.90. The second-order valence-corrected chi connectivity index (χ2v) is 5.90. The molecule has 126 valence electrons. The molecular formula is C15H14BrN3O5. The number of morpholine rings is 1. The molecule has 0 radical (unpaired) electrons. The Hall–Kier alpha value is -2.39. The molecule has 0 bridgehead atoms. The number of hydrogen-bond donors (Lipinski definition) is 1. The number of non-ortho nitro benzene ring substituents is 1. The SMILES string of the molecule is O=C(Nc1ccc([N+](=O)[O-])cc1N1CCOCC1)c1ccc(Br)o1. The van der Waals surface area contributed by atoms with E-state index in [1.165, 1.54) is 18.2 Å². The third kappa shape index (κ3) is 3.57. The van der Waals surface area contributed by atoms with Gasteiger partial charge in [-0.2, -0.15) is 0 Å². The zero-order chi connectivity index (χ0) is 17.1. The zero-order valence-corrected chi connectivity index (χ0v) is 14.1. The van der Waals surface area contributed by atoms with Crippen LogP contribution in [0.25, 0.3) is 0 Å². The summed E-state index contributed by atoms with van der Waals surface area (Å²) in [6.07, 6.45) is 0. The molecule has 0 spiro atoms. The van der Waals surface area contributed by atoms with Gasteiger partial charge < -0.3 is 19.4 Å². The van der Waals surface area contributed by atoms with E-state index in [9.17, 15) is 14.9 Å². The van der Waals surface area contributed by atoms with E-state index in [4.69, 9.17) is 9.15 Å². The zero-order valence-electron chi connectivity index (χ0n) is 12.5. The third-order valence-electron chi connectivity index (χ3n) is 3.59. The van der Waals surface area contributed by atoms with E-state index in [1.54, 1.807) is 12.1 Å². The van der Waals surface area contributed by atoms with Gasteiger partial charge in [-0.05, 0) is 34.1 Å². The molecule has 0 saturated carbocycles. The van der Waals surface area contributed by atoms with Gasteiger partial charge in [0, 0.05) is 25.2 Å². The number of carbonyl (C=O) groups is 1. The molecule has 1 aliphatic heterocycles. The molecule has 3 rings (SSSR count). The van der Waals surface area contributed by atoms with Crippen molar-refractivity contribution in [3.8, 4) is 0 Å². The molecule has 2 heterocycles. The predicted molar refractivity (Wildman–Crippen MR) is 90.5 cm³/mol. The van der Waals surface area contributed by atoms with E-state index >= 15 is 0 Å². The molecule has 1 fully saturated rings. The summed E-state index contributed by atoms with van der Waals surface area (Å²) in [6.45, 7) is 2.25. The lowest BCUT2D eigenvalue weighted by molar-refractivity contribution is -0.384. The van der Waals surface area contributed by atoms with Crippen molar-refractivity contribution in [1.29, 1.82) is 0 Å². The van der Waals surface area contributed by atoms with Crippen molar-refractivity contribution >= 4 is 38.9 Å². The Labute approximate surface area is 145 Å². The van der Waals surface area contributed by atoms with Crippen LogP contribution < -0.4 is 10.2 Å². The summed E-state index contributed by atoms with van der Waals surface area (Å²) in [7, 11) is 0. The van der Waals surface area contributed by atoms with Crippen LogP contribution in [-0.2, 0) is 4.74 Å². The third-order valence-corrected chi connectivity index (χ3v) is 4.02. The van der Waals surface area contributed by atoms with E-state index in [0.717, 1.165) is 0 Å². The highest BCUT2D eigenvalue weighted by atomic mass is 79.9. The molecule has 2 aromatic rings. The molecule has 0 aliphatic carbocycles. The van der Waals surface area contributed by atoms with Crippen LogP contribution in [0, 0.1) is 10.1 Å². The van der Waals surface area contributed by atoms with Crippen LogP contribution in [0.5, 0.6) is 0 Å². The topological polar surface area (TPSA) is 97.8 Å². The normalized spacial score (nSPS) is 14.5. The Morgan fingerprint density at radius 2 is 2.00 bits per heavy atom. The highest BCUT2D eigenvalue weighted by Crippen LogP contribution is 2.31. The second kappa shape index (κ2) is 7.02. The summed E-state index contributed by atoms with van der Waals surface area (Å²) >= 11 is 3.14. The van der Waals surface area contributed by atoms with Gasteiger partial charge in [0.25, 0.3) is 11.6 Å². The molecule has 24 heavy (non-hydrogen) atoms. The summed E-state index contributed by atoms with van der Waals surface area (Å²) in [6, 6.07) is 7.50. The summed E-state index contributed by atoms with van der Waals surface area (Å²) < 4.78 is 11.0. The molecule has 1 aromatic carbocycles. The minimum absolute atomic E-state index is 0.0322. The van der Waals surface area contributed by atoms with Gasteiger partial charge in [0.2, 0.25) is 0 Å². The first-order valence-electron chi connectivity index (χ1n) is 7.22. The van der Waals surface area contributed by atoms with Gasteiger partial charge >= 0.3 is 0 Å². The van der Waals surface area contributed by atoms with Gasteiger partial charge in [0.1, 0.15) is 0 Å². The number of anilines is 2. The monoisotopic (exact) mass is 395 g/mol. The molecule has 8 nitrogen and oxygen atoms in total. The minimum atomic E-state index is -0.459. The van der Waals surface area contributed by atoms with Gasteiger partial charge in [-0.25, -0.2) is 0 Å². The van der Waals surface area contributed by atoms with Crippen molar-refractivity contribution in [2.75, 3.05) is 36.5 Å². The number of nitrogens with zero attached hydrogens (tertiary/aromatic N) is 2. The van der Waals surface area contributed by atoms with Gasteiger partial charge in [0.15, 0.2) is 10.4 Å². The average molecular weight is 396 g/mol. The van der Waals surface area contributed by atoms with E-state index in [0.29, 0.717) is 42.3 Å². The molecule has 1 saturated heterocycles.